The van der Waals surface area contributed by atoms with Crippen molar-refractivity contribution in [2.75, 3.05) is 0 Å². The van der Waals surface area contributed by atoms with Gasteiger partial charge in [-0.05, 0) is 5.56 Å². The number of aliphatic hydroxyl groups excluding tert-OH is 2. The van der Waals surface area contributed by atoms with Crippen molar-refractivity contribution in [2.45, 2.75) is 12.2 Å². The molecule has 2 atom stereocenters. The van der Waals surface area contributed by atoms with E-state index in [1.165, 1.54) is 0 Å². The fraction of sp³-hybridized carbons (Fsp3) is 0.222. The molecule has 0 spiro atoms. The predicted molar refractivity (Wildman–Crippen MR) is 43.5 cm³/mol. The van der Waals surface area contributed by atoms with Gasteiger partial charge in [0, 0.05) is 0 Å². The minimum atomic E-state index is -1.34. The second kappa shape index (κ2) is 3.99. The van der Waals surface area contributed by atoms with Crippen LogP contribution in [0.2, 0.25) is 0 Å². The summed E-state index contributed by atoms with van der Waals surface area (Å²) >= 11 is 0. The fourth-order valence-electron chi connectivity index (χ4n) is 0.922. The van der Waals surface area contributed by atoms with E-state index in [0.29, 0.717) is 11.8 Å². The fourth-order valence-corrected chi connectivity index (χ4v) is 0.922. The molecule has 1 aromatic carbocycles. The summed E-state index contributed by atoms with van der Waals surface area (Å²) in [4.78, 5) is 10.1. The van der Waals surface area contributed by atoms with Crippen molar-refractivity contribution in [3.63, 3.8) is 0 Å². The van der Waals surface area contributed by atoms with Crippen LogP contribution in [0, 0.1) is 0 Å². The molecule has 1 rings (SSSR count). The molecule has 0 aromatic heterocycles. The van der Waals surface area contributed by atoms with E-state index < -0.39 is 12.2 Å². The first-order valence-electron chi connectivity index (χ1n) is 3.62. The van der Waals surface area contributed by atoms with Gasteiger partial charge in [0.05, 0.1) is 0 Å². The number of rotatable bonds is 3. The molecule has 3 nitrogen and oxygen atoms in total. The first-order valence-corrected chi connectivity index (χ1v) is 3.62. The summed E-state index contributed by atoms with van der Waals surface area (Å²) in [6, 6.07) is 8.56. The third-order valence-electron chi connectivity index (χ3n) is 1.60. The molecule has 0 aliphatic carbocycles. The Labute approximate surface area is 70.3 Å². The van der Waals surface area contributed by atoms with E-state index in [1.807, 2.05) is 0 Å². The monoisotopic (exact) mass is 166 g/mol. The zero-order valence-corrected chi connectivity index (χ0v) is 6.42. The predicted octanol–water partition coefficient (Wildman–Crippen LogP) is 0.280. The van der Waals surface area contributed by atoms with E-state index in [2.05, 4.69) is 0 Å². The molecule has 2 unspecified atom stereocenters. The Morgan fingerprint density at radius 1 is 1.17 bits per heavy atom. The van der Waals surface area contributed by atoms with Gasteiger partial charge >= 0.3 is 0 Å². The maximum atomic E-state index is 10.1. The van der Waals surface area contributed by atoms with E-state index in [0.717, 1.165) is 0 Å². The van der Waals surface area contributed by atoms with Crippen LogP contribution in [-0.2, 0) is 4.79 Å². The lowest BCUT2D eigenvalue weighted by Gasteiger charge is -2.11. The normalized spacial score (nSPS) is 15.2. The number of hydrogen-bond acceptors (Lipinski definition) is 3. The van der Waals surface area contributed by atoms with Gasteiger partial charge in [-0.3, -0.25) is 0 Å². The Morgan fingerprint density at radius 3 is 2.25 bits per heavy atom. The minimum Gasteiger partial charge on any atom is -0.385 e. The zero-order valence-electron chi connectivity index (χ0n) is 6.42. The Kier molecular flexibility index (Phi) is 2.96. The molecule has 64 valence electrons. The highest BCUT2D eigenvalue weighted by atomic mass is 16.3. The van der Waals surface area contributed by atoms with Gasteiger partial charge in [0.25, 0.3) is 0 Å². The molecule has 0 saturated carbocycles. The highest BCUT2D eigenvalue weighted by Crippen LogP contribution is 2.14. The average Bonchev–Trinajstić information content (AvgIpc) is 2.17. The molecule has 1 aromatic rings. The Bertz CT molecular complexity index is 245. The SMILES string of the molecule is O=CC(O)C(O)c1ccccc1. The highest BCUT2D eigenvalue weighted by Gasteiger charge is 2.16. The van der Waals surface area contributed by atoms with Crippen molar-refractivity contribution in [2.24, 2.45) is 0 Å². The van der Waals surface area contributed by atoms with Gasteiger partial charge in [0.2, 0.25) is 0 Å². The molecule has 0 heterocycles. The molecule has 0 fully saturated rings. The zero-order chi connectivity index (χ0) is 8.97. The number of aliphatic hydroxyl groups is 2. The van der Waals surface area contributed by atoms with Crippen molar-refractivity contribution in [3.05, 3.63) is 35.9 Å². The second-order valence-electron chi connectivity index (χ2n) is 2.48. The van der Waals surface area contributed by atoms with Gasteiger partial charge in [0.1, 0.15) is 12.2 Å². The maximum absolute atomic E-state index is 10.1. The van der Waals surface area contributed by atoms with Crippen LogP contribution in [0.5, 0.6) is 0 Å². The third kappa shape index (κ3) is 1.90. The number of aldehydes is 1. The number of carbonyl (C=O) groups excluding carboxylic acids is 1. The van der Waals surface area contributed by atoms with Crippen molar-refractivity contribution >= 4 is 6.29 Å². The van der Waals surface area contributed by atoms with Gasteiger partial charge in [-0.1, -0.05) is 30.3 Å². The van der Waals surface area contributed by atoms with Gasteiger partial charge in [-0.15, -0.1) is 0 Å². The molecule has 0 aliphatic rings. The molecule has 2 N–H and O–H groups in total. The van der Waals surface area contributed by atoms with Crippen molar-refractivity contribution in [1.29, 1.82) is 0 Å². The molecule has 3 heteroatoms. The molecule has 0 amide bonds. The van der Waals surface area contributed by atoms with E-state index in [1.54, 1.807) is 30.3 Å². The Morgan fingerprint density at radius 2 is 1.75 bits per heavy atom. The van der Waals surface area contributed by atoms with Crippen LogP contribution in [0.3, 0.4) is 0 Å². The molecule has 0 radical (unpaired) electrons. The average molecular weight is 166 g/mol. The van der Waals surface area contributed by atoms with Crippen molar-refractivity contribution in [1.82, 2.24) is 0 Å². The van der Waals surface area contributed by atoms with E-state index in [9.17, 15) is 9.90 Å². The summed E-state index contributed by atoms with van der Waals surface area (Å²) in [6.45, 7) is 0. The standard InChI is InChI=1S/C9H10O3/c10-6-8(11)9(12)7-4-2-1-3-5-7/h1-6,8-9,11-12H. The van der Waals surface area contributed by atoms with Gasteiger partial charge in [-0.2, -0.15) is 0 Å². The maximum Gasteiger partial charge on any atom is 0.151 e. The van der Waals surface area contributed by atoms with Gasteiger partial charge in [0.15, 0.2) is 6.29 Å². The molecule has 0 aliphatic heterocycles. The third-order valence-corrected chi connectivity index (χ3v) is 1.60. The largest absolute Gasteiger partial charge is 0.385 e. The van der Waals surface area contributed by atoms with Crippen LogP contribution in [0.1, 0.15) is 11.7 Å². The van der Waals surface area contributed by atoms with Crippen molar-refractivity contribution < 1.29 is 15.0 Å². The van der Waals surface area contributed by atoms with Gasteiger partial charge in [-0.25, -0.2) is 0 Å². The molecular formula is C9H10O3. The number of carbonyl (C=O) groups is 1. The molecule has 0 bridgehead atoms. The summed E-state index contributed by atoms with van der Waals surface area (Å²) in [7, 11) is 0. The van der Waals surface area contributed by atoms with E-state index in [4.69, 9.17) is 5.11 Å². The van der Waals surface area contributed by atoms with E-state index >= 15 is 0 Å². The Hall–Kier alpha value is -1.19. The number of hydrogen-bond donors (Lipinski definition) is 2. The summed E-state index contributed by atoms with van der Waals surface area (Å²) in [5.41, 5.74) is 0.539. The first kappa shape index (κ1) is 8.90. The number of benzene rings is 1. The topological polar surface area (TPSA) is 57.5 Å². The lowest BCUT2D eigenvalue weighted by molar-refractivity contribution is -0.120. The van der Waals surface area contributed by atoms with E-state index in [-0.39, 0.29) is 0 Å². The summed E-state index contributed by atoms with van der Waals surface area (Å²) in [5.74, 6) is 0. The van der Waals surface area contributed by atoms with Crippen molar-refractivity contribution in [3.8, 4) is 0 Å². The van der Waals surface area contributed by atoms with Crippen LogP contribution >= 0.6 is 0 Å². The molecule has 0 saturated heterocycles. The second-order valence-corrected chi connectivity index (χ2v) is 2.48. The van der Waals surface area contributed by atoms with Crippen LogP contribution < -0.4 is 0 Å². The van der Waals surface area contributed by atoms with Gasteiger partial charge < -0.3 is 15.0 Å². The lowest BCUT2D eigenvalue weighted by atomic mass is 10.1. The van der Waals surface area contributed by atoms with Crippen LogP contribution in [0.25, 0.3) is 0 Å². The summed E-state index contributed by atoms with van der Waals surface area (Å²) in [5, 5.41) is 18.3. The lowest BCUT2D eigenvalue weighted by Crippen LogP contribution is -2.19. The molecule has 12 heavy (non-hydrogen) atoms. The summed E-state index contributed by atoms with van der Waals surface area (Å²) < 4.78 is 0. The first-order chi connectivity index (χ1) is 5.75. The summed E-state index contributed by atoms with van der Waals surface area (Å²) in [6.07, 6.45) is -2.14. The van der Waals surface area contributed by atoms with Crippen LogP contribution in [0.4, 0.5) is 0 Å². The smallest absolute Gasteiger partial charge is 0.151 e. The Balaban J connectivity index is 2.78. The highest BCUT2D eigenvalue weighted by molar-refractivity contribution is 5.57. The minimum absolute atomic E-state index is 0.317. The van der Waals surface area contributed by atoms with Crippen LogP contribution in [-0.4, -0.2) is 22.6 Å². The molecular weight excluding hydrogens is 156 g/mol. The van der Waals surface area contributed by atoms with Crippen LogP contribution in [0.15, 0.2) is 30.3 Å². The quantitative estimate of drug-likeness (QED) is 0.634.